The first-order valence-electron chi connectivity index (χ1n) is 12.1. The third-order valence-electron chi connectivity index (χ3n) is 6.29. The lowest BCUT2D eigenvalue weighted by Crippen LogP contribution is -3.10. The van der Waals surface area contributed by atoms with Crippen LogP contribution in [0.4, 0.5) is 0 Å². The van der Waals surface area contributed by atoms with Gasteiger partial charge in [-0.2, -0.15) is 0 Å². The van der Waals surface area contributed by atoms with Gasteiger partial charge in [-0.15, -0.1) is 0 Å². The number of hydrogen-bond acceptors (Lipinski definition) is 8. The monoisotopic (exact) mass is 515 g/mol. The molecule has 2 aromatic carbocycles. The largest absolute Gasteiger partial charge is 0.539 e. The van der Waals surface area contributed by atoms with E-state index in [1.165, 1.54) is 31.5 Å². The molecule has 1 aromatic heterocycles. The van der Waals surface area contributed by atoms with Crippen LogP contribution in [0.25, 0.3) is 11.0 Å². The van der Waals surface area contributed by atoms with Crippen LogP contribution in [0.2, 0.25) is 0 Å². The molecule has 0 amide bonds. The predicted octanol–water partition coefficient (Wildman–Crippen LogP) is 0.995. The van der Waals surface area contributed by atoms with Gasteiger partial charge in [-0.25, -0.2) is 4.79 Å². The van der Waals surface area contributed by atoms with Crippen LogP contribution in [0.15, 0.2) is 47.1 Å². The minimum absolute atomic E-state index is 0.506. The standard InChI is InChI=1S/C25H31NO5.C2H2O4/c1-28-22-19-12-16-30-23(19)25(29-2)24(31-17-15-26-13-6-7-14-26)21(22)20(27)11-10-18-8-4-3-5-9-18;3-1(4)2(5)6/h3-5,8-9,12,16,20,27H,6-7,10-11,13-15,17H2,1-2H3;(H,3,4)(H,5,6). The van der Waals surface area contributed by atoms with Crippen molar-refractivity contribution in [3.8, 4) is 17.2 Å². The maximum Gasteiger partial charge on any atom is 0.351 e. The molecule has 0 spiro atoms. The van der Waals surface area contributed by atoms with E-state index in [9.17, 15) is 5.11 Å². The van der Waals surface area contributed by atoms with Crippen molar-refractivity contribution >= 4 is 22.9 Å². The fourth-order valence-corrected chi connectivity index (χ4v) is 4.50. The second-order valence-corrected chi connectivity index (χ2v) is 8.66. The Bertz CT molecular complexity index is 1160. The van der Waals surface area contributed by atoms with E-state index in [0.717, 1.165) is 18.4 Å². The highest BCUT2D eigenvalue weighted by Crippen LogP contribution is 2.49. The summed E-state index contributed by atoms with van der Waals surface area (Å²) in [5.41, 5.74) is 2.37. The zero-order valence-corrected chi connectivity index (χ0v) is 21.0. The molecule has 2 heterocycles. The maximum absolute atomic E-state index is 11.3. The molecule has 10 heteroatoms. The summed E-state index contributed by atoms with van der Waals surface area (Å²) in [5.74, 6) is -2.41. The molecule has 200 valence electrons. The number of carbonyl (C=O) groups excluding carboxylic acids is 1. The van der Waals surface area contributed by atoms with Crippen molar-refractivity contribution in [2.75, 3.05) is 40.5 Å². The van der Waals surface area contributed by atoms with Crippen molar-refractivity contribution < 1.29 is 48.4 Å². The molecule has 1 unspecified atom stereocenters. The predicted molar refractivity (Wildman–Crippen MR) is 132 cm³/mol. The molecule has 1 aliphatic heterocycles. The summed E-state index contributed by atoms with van der Waals surface area (Å²) in [6, 6.07) is 12.0. The Morgan fingerprint density at radius 1 is 1.05 bits per heavy atom. The Hall–Kier alpha value is -3.76. The minimum atomic E-state index is -2.07. The van der Waals surface area contributed by atoms with E-state index in [1.54, 1.807) is 25.4 Å². The van der Waals surface area contributed by atoms with E-state index < -0.39 is 18.0 Å². The van der Waals surface area contributed by atoms with Gasteiger partial charge in [0.25, 0.3) is 0 Å². The molecule has 3 aromatic rings. The number of carboxylic acids is 2. The fraction of sp³-hybridized carbons (Fsp3) is 0.407. The number of aliphatic carboxylic acids is 2. The highest BCUT2D eigenvalue weighted by Gasteiger charge is 2.29. The number of aryl methyl sites for hydroxylation is 1. The third-order valence-corrected chi connectivity index (χ3v) is 6.29. The Morgan fingerprint density at radius 3 is 2.30 bits per heavy atom. The Morgan fingerprint density at radius 2 is 1.70 bits per heavy atom. The topological polar surface area (TPSA) is 143 Å². The molecule has 1 fully saturated rings. The summed E-state index contributed by atoms with van der Waals surface area (Å²) in [6.07, 6.45) is 4.67. The minimum Gasteiger partial charge on any atom is -0.539 e. The summed E-state index contributed by atoms with van der Waals surface area (Å²) in [6.45, 7) is 3.84. The van der Waals surface area contributed by atoms with Crippen LogP contribution in [0.5, 0.6) is 17.2 Å². The van der Waals surface area contributed by atoms with Gasteiger partial charge in [0.15, 0.2) is 17.3 Å². The number of carboxylic acid groups (broad SMARTS) is 2. The lowest BCUT2D eigenvalue weighted by molar-refractivity contribution is -0.887. The Labute approximate surface area is 215 Å². The lowest BCUT2D eigenvalue weighted by Gasteiger charge is -2.22. The molecular weight excluding hydrogens is 482 g/mol. The first kappa shape index (κ1) is 27.8. The van der Waals surface area contributed by atoms with Gasteiger partial charge in [-0.3, -0.25) is 0 Å². The molecule has 10 nitrogen and oxygen atoms in total. The Balaban J connectivity index is 0.000000568. The first-order chi connectivity index (χ1) is 17.9. The molecule has 0 aliphatic carbocycles. The normalized spacial score (nSPS) is 14.0. The van der Waals surface area contributed by atoms with Crippen molar-refractivity contribution in [2.45, 2.75) is 31.8 Å². The van der Waals surface area contributed by atoms with Crippen LogP contribution < -0.4 is 24.2 Å². The number of furan rings is 1. The number of nitrogens with one attached hydrogen (secondary N) is 1. The average Bonchev–Trinajstić information content (AvgIpc) is 3.60. The number of benzene rings is 2. The van der Waals surface area contributed by atoms with Crippen LogP contribution in [0, 0.1) is 0 Å². The van der Waals surface area contributed by atoms with Crippen molar-refractivity contribution in [2.24, 2.45) is 0 Å². The second-order valence-electron chi connectivity index (χ2n) is 8.66. The van der Waals surface area contributed by atoms with E-state index in [1.807, 2.05) is 24.3 Å². The maximum atomic E-state index is 11.3. The Kier molecular flexibility index (Phi) is 10.2. The van der Waals surface area contributed by atoms with E-state index in [4.69, 9.17) is 38.4 Å². The number of fused-ring (bicyclic) bond motifs is 1. The summed E-state index contributed by atoms with van der Waals surface area (Å²) < 4.78 is 23.4. The number of aliphatic hydroxyl groups is 1. The SMILES string of the molecule is COc1c(C(O)CCc2ccccc2)c(OCC[NH+]2CCCC2)c(OC)c2occc12.O=C([O-])C(=O)O. The van der Waals surface area contributed by atoms with Crippen molar-refractivity contribution in [3.05, 3.63) is 53.8 Å². The average molecular weight is 516 g/mol. The third kappa shape index (κ3) is 7.14. The smallest absolute Gasteiger partial charge is 0.351 e. The number of rotatable bonds is 10. The molecule has 3 N–H and O–H groups in total. The van der Waals surface area contributed by atoms with Gasteiger partial charge in [0.1, 0.15) is 18.9 Å². The number of aliphatic hydroxyl groups excluding tert-OH is 1. The zero-order valence-electron chi connectivity index (χ0n) is 21.0. The number of hydrogen-bond donors (Lipinski definition) is 3. The van der Waals surface area contributed by atoms with Gasteiger partial charge in [0.05, 0.1) is 50.6 Å². The van der Waals surface area contributed by atoms with E-state index >= 15 is 0 Å². The molecule has 1 atom stereocenters. The molecule has 0 saturated carbocycles. The zero-order chi connectivity index (χ0) is 26.8. The van der Waals surface area contributed by atoms with Crippen molar-refractivity contribution in [3.63, 3.8) is 0 Å². The van der Waals surface area contributed by atoms with Gasteiger partial charge in [0, 0.05) is 12.8 Å². The molecule has 1 aliphatic rings. The first-order valence-corrected chi connectivity index (χ1v) is 12.1. The van der Waals surface area contributed by atoms with Crippen molar-refractivity contribution in [1.29, 1.82) is 0 Å². The van der Waals surface area contributed by atoms with Crippen LogP contribution in [-0.2, 0) is 16.0 Å². The van der Waals surface area contributed by atoms with Crippen LogP contribution in [0.3, 0.4) is 0 Å². The number of likely N-dealkylation sites (tertiary alicyclic amines) is 1. The van der Waals surface area contributed by atoms with Gasteiger partial charge >= 0.3 is 5.97 Å². The van der Waals surface area contributed by atoms with E-state index in [2.05, 4.69) is 12.1 Å². The fourth-order valence-electron chi connectivity index (χ4n) is 4.50. The van der Waals surface area contributed by atoms with E-state index in [0.29, 0.717) is 41.4 Å². The van der Waals surface area contributed by atoms with Gasteiger partial charge < -0.3 is 43.6 Å². The summed E-state index contributed by atoms with van der Waals surface area (Å²) in [4.78, 5) is 19.6. The van der Waals surface area contributed by atoms with E-state index in [-0.39, 0.29) is 0 Å². The van der Waals surface area contributed by atoms with Crippen LogP contribution in [-0.4, -0.2) is 62.6 Å². The molecule has 0 radical (unpaired) electrons. The number of quaternary nitrogens is 1. The second kappa shape index (κ2) is 13.5. The number of methoxy groups -OCH3 is 2. The van der Waals surface area contributed by atoms with Crippen LogP contribution in [0.1, 0.15) is 36.5 Å². The van der Waals surface area contributed by atoms with Crippen LogP contribution >= 0.6 is 0 Å². The molecular formula is C27H33NO9. The lowest BCUT2D eigenvalue weighted by atomic mass is 9.97. The molecule has 4 rings (SSSR count). The summed E-state index contributed by atoms with van der Waals surface area (Å²) >= 11 is 0. The summed E-state index contributed by atoms with van der Waals surface area (Å²) in [7, 11) is 3.21. The quantitative estimate of drug-likeness (QED) is 0.337. The van der Waals surface area contributed by atoms with Crippen molar-refractivity contribution in [1.82, 2.24) is 0 Å². The van der Waals surface area contributed by atoms with Gasteiger partial charge in [-0.05, 0) is 24.5 Å². The molecule has 1 saturated heterocycles. The number of ether oxygens (including phenoxy) is 3. The molecule has 0 bridgehead atoms. The highest BCUT2D eigenvalue weighted by atomic mass is 16.5. The number of carbonyl (C=O) groups is 2. The van der Waals surface area contributed by atoms with Gasteiger partial charge in [-0.1, -0.05) is 30.3 Å². The summed E-state index contributed by atoms with van der Waals surface area (Å²) in [5, 5.41) is 28.3. The highest BCUT2D eigenvalue weighted by molar-refractivity contribution is 6.26. The molecule has 37 heavy (non-hydrogen) atoms. The van der Waals surface area contributed by atoms with Gasteiger partial charge in [0.2, 0.25) is 5.75 Å².